The third-order valence-electron chi connectivity index (χ3n) is 5.01. The summed E-state index contributed by atoms with van der Waals surface area (Å²) >= 11 is 0. The second-order valence-electron chi connectivity index (χ2n) is 8.44. The van der Waals surface area contributed by atoms with E-state index >= 15 is 0 Å². The molecule has 14 heteroatoms. The van der Waals surface area contributed by atoms with Crippen LogP contribution in [0.4, 0.5) is 0 Å². The number of aromatic hydroxyl groups is 1. The molecule has 14 nitrogen and oxygen atoms in total. The van der Waals surface area contributed by atoms with Crippen LogP contribution in [0.1, 0.15) is 32.3 Å². The van der Waals surface area contributed by atoms with Gasteiger partial charge in [-0.2, -0.15) is 0 Å². The molecule has 0 saturated heterocycles. The lowest BCUT2D eigenvalue weighted by Gasteiger charge is -2.27. The van der Waals surface area contributed by atoms with Crippen molar-refractivity contribution >= 4 is 35.6 Å². The van der Waals surface area contributed by atoms with Crippen LogP contribution in [0.3, 0.4) is 0 Å². The van der Waals surface area contributed by atoms with Crippen molar-refractivity contribution in [2.24, 2.45) is 17.4 Å². The van der Waals surface area contributed by atoms with Gasteiger partial charge < -0.3 is 42.7 Å². The van der Waals surface area contributed by atoms with Gasteiger partial charge in [0.05, 0.1) is 18.9 Å². The molecular weight excluding hydrogens is 478 g/mol. The monoisotopic (exact) mass is 509 g/mol. The molecule has 4 amide bonds. The van der Waals surface area contributed by atoms with Gasteiger partial charge in [0.25, 0.3) is 0 Å². The number of hydrogen-bond acceptors (Lipinski definition) is 8. The van der Waals surface area contributed by atoms with Crippen molar-refractivity contribution in [1.82, 2.24) is 16.0 Å². The number of carbonyl (C=O) groups is 6. The van der Waals surface area contributed by atoms with Gasteiger partial charge in [0.2, 0.25) is 23.6 Å². The van der Waals surface area contributed by atoms with Gasteiger partial charge in [-0.25, -0.2) is 4.79 Å². The summed E-state index contributed by atoms with van der Waals surface area (Å²) in [7, 11) is 0. The minimum atomic E-state index is -1.76. The van der Waals surface area contributed by atoms with Crippen LogP contribution < -0.4 is 27.4 Å². The van der Waals surface area contributed by atoms with Crippen molar-refractivity contribution in [3.05, 3.63) is 29.8 Å². The Labute approximate surface area is 206 Å². The molecule has 0 bridgehead atoms. The van der Waals surface area contributed by atoms with E-state index in [1.54, 1.807) is 13.8 Å². The second-order valence-corrected chi connectivity index (χ2v) is 8.44. The van der Waals surface area contributed by atoms with Crippen molar-refractivity contribution in [2.45, 2.75) is 57.3 Å². The normalized spacial score (nSPS) is 14.1. The minimum Gasteiger partial charge on any atom is -0.508 e. The molecule has 36 heavy (non-hydrogen) atoms. The largest absolute Gasteiger partial charge is 0.508 e. The molecule has 1 aromatic rings. The number of aliphatic carboxylic acids is 2. The maximum Gasteiger partial charge on any atom is 0.326 e. The lowest BCUT2D eigenvalue weighted by atomic mass is 10.00. The van der Waals surface area contributed by atoms with Crippen LogP contribution in [0, 0.1) is 5.92 Å². The first-order valence-electron chi connectivity index (χ1n) is 10.9. The van der Waals surface area contributed by atoms with E-state index in [2.05, 4.69) is 16.0 Å². The number of carboxylic acids is 2. The molecule has 0 aliphatic rings. The predicted octanol–water partition coefficient (Wildman–Crippen LogP) is -2.19. The Morgan fingerprint density at radius 2 is 1.39 bits per heavy atom. The summed E-state index contributed by atoms with van der Waals surface area (Å²) < 4.78 is 0. The molecule has 0 aromatic heterocycles. The van der Waals surface area contributed by atoms with Gasteiger partial charge in [0, 0.05) is 6.42 Å². The van der Waals surface area contributed by atoms with E-state index < -0.39 is 78.5 Å². The molecule has 1 aromatic carbocycles. The standard InChI is InChI=1S/C22H31N5O9/c1-10(2)18(27-19(32)13(23)8-16(24)29)21(34)25-14(7-11-3-5-12(28)6-4-11)20(33)26-15(22(35)36)9-17(30)31/h3-6,10,13-15,18,28H,7-9,23H2,1-2H3,(H2,24,29)(H,25,34)(H,26,33)(H,27,32)(H,30,31)(H,35,36)/t13-,14-,15-,18-/m0/s1. The minimum absolute atomic E-state index is 0.0499. The zero-order chi connectivity index (χ0) is 27.6. The third kappa shape index (κ3) is 9.97. The SMILES string of the molecule is CC(C)[C@H](NC(=O)[C@@H](N)CC(N)=O)C(=O)N[C@@H](Cc1ccc(O)cc1)C(=O)N[C@@H](CC(=O)O)C(=O)O. The molecule has 10 N–H and O–H groups in total. The third-order valence-corrected chi connectivity index (χ3v) is 5.01. The number of nitrogens with one attached hydrogen (secondary N) is 3. The number of carbonyl (C=O) groups excluding carboxylic acids is 4. The molecule has 1 rings (SSSR count). The van der Waals surface area contributed by atoms with Gasteiger partial charge in [0.1, 0.15) is 23.9 Å². The molecule has 0 saturated carbocycles. The fourth-order valence-electron chi connectivity index (χ4n) is 3.09. The maximum atomic E-state index is 13.0. The molecule has 0 heterocycles. The first-order chi connectivity index (χ1) is 16.7. The zero-order valence-corrected chi connectivity index (χ0v) is 19.8. The summed E-state index contributed by atoms with van der Waals surface area (Å²) in [6, 6.07) is -0.0179. The smallest absolute Gasteiger partial charge is 0.326 e. The maximum absolute atomic E-state index is 13.0. The quantitative estimate of drug-likeness (QED) is 0.134. The van der Waals surface area contributed by atoms with Crippen LogP contribution in [0.25, 0.3) is 0 Å². The van der Waals surface area contributed by atoms with Crippen LogP contribution in [-0.4, -0.2) is 75.1 Å². The van der Waals surface area contributed by atoms with E-state index in [-0.39, 0.29) is 12.2 Å². The summed E-state index contributed by atoms with van der Waals surface area (Å²) in [5.74, 6) is -7.03. The van der Waals surface area contributed by atoms with E-state index in [0.29, 0.717) is 5.56 Å². The molecule has 0 radical (unpaired) electrons. The molecule has 0 unspecified atom stereocenters. The fraction of sp³-hybridized carbons (Fsp3) is 0.455. The summed E-state index contributed by atoms with van der Waals surface area (Å²) in [5.41, 5.74) is 11.1. The molecule has 0 spiro atoms. The van der Waals surface area contributed by atoms with Crippen LogP contribution in [-0.2, 0) is 35.2 Å². The van der Waals surface area contributed by atoms with E-state index in [1.807, 2.05) is 0 Å². The number of benzene rings is 1. The van der Waals surface area contributed by atoms with E-state index in [0.717, 1.165) is 0 Å². The Morgan fingerprint density at radius 3 is 1.86 bits per heavy atom. The fourth-order valence-corrected chi connectivity index (χ4v) is 3.09. The van der Waals surface area contributed by atoms with Gasteiger partial charge in [0.15, 0.2) is 0 Å². The highest BCUT2D eigenvalue weighted by Crippen LogP contribution is 2.12. The van der Waals surface area contributed by atoms with E-state index in [1.165, 1.54) is 24.3 Å². The highest BCUT2D eigenvalue weighted by atomic mass is 16.4. The number of amides is 4. The van der Waals surface area contributed by atoms with Crippen LogP contribution in [0.2, 0.25) is 0 Å². The van der Waals surface area contributed by atoms with Gasteiger partial charge in [-0.05, 0) is 23.6 Å². The lowest BCUT2D eigenvalue weighted by molar-refractivity contribution is -0.147. The second kappa shape index (κ2) is 13.6. The van der Waals surface area contributed by atoms with Gasteiger partial charge >= 0.3 is 11.9 Å². The van der Waals surface area contributed by atoms with Crippen molar-refractivity contribution in [1.29, 1.82) is 0 Å². The van der Waals surface area contributed by atoms with E-state index in [9.17, 15) is 39.0 Å². The Bertz CT molecular complexity index is 981. The zero-order valence-electron chi connectivity index (χ0n) is 19.8. The van der Waals surface area contributed by atoms with Crippen molar-refractivity contribution in [2.75, 3.05) is 0 Å². The number of phenols is 1. The number of rotatable bonds is 14. The Hall–Kier alpha value is -4.20. The van der Waals surface area contributed by atoms with E-state index in [4.69, 9.17) is 16.6 Å². The van der Waals surface area contributed by atoms with Gasteiger partial charge in [-0.3, -0.25) is 24.0 Å². The van der Waals surface area contributed by atoms with Crippen molar-refractivity contribution < 1.29 is 44.1 Å². The van der Waals surface area contributed by atoms with Gasteiger partial charge in [-0.1, -0.05) is 26.0 Å². The number of phenolic OH excluding ortho intramolecular Hbond substituents is 1. The first kappa shape index (κ1) is 29.8. The molecular formula is C22H31N5O9. The summed E-state index contributed by atoms with van der Waals surface area (Å²) in [4.78, 5) is 71.6. The number of hydrogen-bond donors (Lipinski definition) is 8. The molecule has 0 aliphatic carbocycles. The van der Waals surface area contributed by atoms with Crippen LogP contribution in [0.5, 0.6) is 5.75 Å². The predicted molar refractivity (Wildman–Crippen MR) is 124 cm³/mol. The van der Waals surface area contributed by atoms with Crippen LogP contribution in [0.15, 0.2) is 24.3 Å². The number of carboxylic acid groups (broad SMARTS) is 2. The summed E-state index contributed by atoms with van der Waals surface area (Å²) in [6.07, 6.45) is -1.51. The highest BCUT2D eigenvalue weighted by molar-refractivity contribution is 5.95. The summed E-state index contributed by atoms with van der Waals surface area (Å²) in [5, 5.41) is 34.6. The Kier molecular flexibility index (Phi) is 11.3. The average molecular weight is 510 g/mol. The van der Waals surface area contributed by atoms with Crippen molar-refractivity contribution in [3.8, 4) is 5.75 Å². The number of nitrogens with two attached hydrogens (primary N) is 2. The first-order valence-corrected chi connectivity index (χ1v) is 10.9. The van der Waals surface area contributed by atoms with Crippen LogP contribution >= 0.6 is 0 Å². The molecule has 4 atom stereocenters. The topological polar surface area (TPSA) is 251 Å². The highest BCUT2D eigenvalue weighted by Gasteiger charge is 2.32. The van der Waals surface area contributed by atoms with Crippen molar-refractivity contribution in [3.63, 3.8) is 0 Å². The number of primary amides is 1. The summed E-state index contributed by atoms with van der Waals surface area (Å²) in [6.45, 7) is 3.21. The molecule has 0 aliphatic heterocycles. The Balaban J connectivity index is 3.14. The lowest BCUT2D eigenvalue weighted by Crippen LogP contribution is -2.59. The molecule has 198 valence electrons. The average Bonchev–Trinajstić information content (AvgIpc) is 2.76. The van der Waals surface area contributed by atoms with Gasteiger partial charge in [-0.15, -0.1) is 0 Å². The molecule has 0 fully saturated rings. The Morgan fingerprint density at radius 1 is 0.833 bits per heavy atom.